The summed E-state index contributed by atoms with van der Waals surface area (Å²) in [6.07, 6.45) is 3.18. The molecule has 0 fully saturated rings. The summed E-state index contributed by atoms with van der Waals surface area (Å²) in [7, 11) is 0. The Bertz CT molecular complexity index is 417. The number of aromatic amines is 1. The van der Waals surface area contributed by atoms with Crippen LogP contribution in [0.5, 0.6) is 0 Å². The number of H-pyrrole nitrogens is 1. The molecule has 0 saturated heterocycles. The van der Waals surface area contributed by atoms with Gasteiger partial charge in [-0.15, -0.1) is 0 Å². The highest BCUT2D eigenvalue weighted by molar-refractivity contribution is 5.31. The molecule has 1 aliphatic carbocycles. The molecule has 0 aromatic carbocycles. The zero-order valence-corrected chi connectivity index (χ0v) is 11.1. The monoisotopic (exact) mass is 221 g/mol. The van der Waals surface area contributed by atoms with Crippen LogP contribution >= 0.6 is 0 Å². The van der Waals surface area contributed by atoms with Gasteiger partial charge < -0.3 is 4.98 Å². The maximum absolute atomic E-state index is 12.0. The van der Waals surface area contributed by atoms with E-state index < -0.39 is 0 Å². The van der Waals surface area contributed by atoms with E-state index in [1.54, 1.807) is 0 Å². The molecule has 0 saturated carbocycles. The number of aromatic nitrogens is 1. The average molecular weight is 221 g/mol. The van der Waals surface area contributed by atoms with Gasteiger partial charge >= 0.3 is 0 Å². The molecule has 2 nitrogen and oxygen atoms in total. The second-order valence-corrected chi connectivity index (χ2v) is 4.51. The Kier molecular flexibility index (Phi) is 4.34. The van der Waals surface area contributed by atoms with Crippen molar-refractivity contribution in [2.75, 3.05) is 0 Å². The molecule has 16 heavy (non-hydrogen) atoms. The van der Waals surface area contributed by atoms with E-state index in [9.17, 15) is 4.79 Å². The van der Waals surface area contributed by atoms with Crippen molar-refractivity contribution < 1.29 is 0 Å². The SMILES string of the molecule is CC.Cc1[nH]c2c(c(=O)c1C)CC(C)CC2. The van der Waals surface area contributed by atoms with Crippen LogP contribution in [-0.2, 0) is 12.8 Å². The lowest BCUT2D eigenvalue weighted by atomic mass is 9.87. The van der Waals surface area contributed by atoms with Gasteiger partial charge in [0.2, 0.25) is 0 Å². The molecule has 2 rings (SSSR count). The molecule has 1 unspecified atom stereocenters. The molecular weight excluding hydrogens is 198 g/mol. The molecule has 2 heteroatoms. The molecule has 0 bridgehead atoms. The van der Waals surface area contributed by atoms with E-state index in [-0.39, 0.29) is 5.43 Å². The summed E-state index contributed by atoms with van der Waals surface area (Å²) in [4.78, 5) is 15.3. The van der Waals surface area contributed by atoms with Gasteiger partial charge in [-0.3, -0.25) is 4.79 Å². The molecule has 1 aromatic heterocycles. The molecule has 90 valence electrons. The standard InChI is InChI=1S/C12H17NO.C2H6/c1-7-4-5-11-10(6-7)12(14)8(2)9(3)13-11;1-2/h7H,4-6H2,1-3H3,(H,13,14);1-2H3. The molecular formula is C14H23NO. The number of pyridine rings is 1. The number of hydrogen-bond donors (Lipinski definition) is 1. The van der Waals surface area contributed by atoms with Gasteiger partial charge in [-0.2, -0.15) is 0 Å². The van der Waals surface area contributed by atoms with Crippen LogP contribution in [0.25, 0.3) is 0 Å². The van der Waals surface area contributed by atoms with E-state index in [2.05, 4.69) is 11.9 Å². The van der Waals surface area contributed by atoms with Gasteiger partial charge in [-0.25, -0.2) is 0 Å². The van der Waals surface area contributed by atoms with E-state index in [1.807, 2.05) is 27.7 Å². The topological polar surface area (TPSA) is 32.9 Å². The largest absolute Gasteiger partial charge is 0.362 e. The highest BCUT2D eigenvalue weighted by atomic mass is 16.1. The van der Waals surface area contributed by atoms with Crippen molar-refractivity contribution in [3.05, 3.63) is 32.7 Å². The third-order valence-electron chi connectivity index (χ3n) is 3.32. The summed E-state index contributed by atoms with van der Waals surface area (Å²) in [5, 5.41) is 0. The fourth-order valence-electron chi connectivity index (χ4n) is 2.20. The second-order valence-electron chi connectivity index (χ2n) is 4.51. The number of nitrogens with one attached hydrogen (secondary N) is 1. The van der Waals surface area contributed by atoms with Crippen LogP contribution in [0.2, 0.25) is 0 Å². The summed E-state index contributed by atoms with van der Waals surface area (Å²) in [5.74, 6) is 0.658. The molecule has 0 amide bonds. The van der Waals surface area contributed by atoms with Crippen molar-refractivity contribution in [3.8, 4) is 0 Å². The van der Waals surface area contributed by atoms with Gasteiger partial charge in [0.15, 0.2) is 5.43 Å². The Labute approximate surface area is 98.1 Å². The fourth-order valence-corrected chi connectivity index (χ4v) is 2.20. The van der Waals surface area contributed by atoms with E-state index in [0.717, 1.165) is 29.7 Å². The van der Waals surface area contributed by atoms with Crippen LogP contribution in [0.1, 0.15) is 49.7 Å². The van der Waals surface area contributed by atoms with Gasteiger partial charge in [0, 0.05) is 22.5 Å². The zero-order valence-electron chi connectivity index (χ0n) is 11.1. The smallest absolute Gasteiger partial charge is 0.188 e. The third kappa shape index (κ3) is 2.37. The molecule has 1 aromatic rings. The number of fused-ring (bicyclic) bond motifs is 1. The summed E-state index contributed by atoms with van der Waals surface area (Å²) >= 11 is 0. The van der Waals surface area contributed by atoms with Gasteiger partial charge in [0.1, 0.15) is 0 Å². The van der Waals surface area contributed by atoms with Crippen LogP contribution in [0.3, 0.4) is 0 Å². The Morgan fingerprint density at radius 1 is 1.25 bits per heavy atom. The number of hydrogen-bond acceptors (Lipinski definition) is 1. The van der Waals surface area contributed by atoms with Crippen molar-refractivity contribution in [1.29, 1.82) is 0 Å². The van der Waals surface area contributed by atoms with Gasteiger partial charge in [-0.1, -0.05) is 20.8 Å². The van der Waals surface area contributed by atoms with Crippen molar-refractivity contribution in [3.63, 3.8) is 0 Å². The number of rotatable bonds is 0. The minimum atomic E-state index is 0.266. The minimum absolute atomic E-state index is 0.266. The van der Waals surface area contributed by atoms with Crippen LogP contribution < -0.4 is 5.43 Å². The van der Waals surface area contributed by atoms with Crippen LogP contribution in [0.4, 0.5) is 0 Å². The molecule has 1 atom stereocenters. The third-order valence-corrected chi connectivity index (χ3v) is 3.32. The Balaban J connectivity index is 0.000000606. The first-order valence-corrected chi connectivity index (χ1v) is 6.31. The lowest BCUT2D eigenvalue weighted by Crippen LogP contribution is -2.24. The lowest BCUT2D eigenvalue weighted by Gasteiger charge is -2.21. The highest BCUT2D eigenvalue weighted by Crippen LogP contribution is 2.22. The van der Waals surface area contributed by atoms with Gasteiger partial charge in [-0.05, 0) is 39.0 Å². The van der Waals surface area contributed by atoms with Gasteiger partial charge in [0.05, 0.1) is 0 Å². The van der Waals surface area contributed by atoms with Crippen molar-refractivity contribution in [1.82, 2.24) is 4.98 Å². The predicted octanol–water partition coefficient (Wildman–Crippen LogP) is 3.14. The minimum Gasteiger partial charge on any atom is -0.362 e. The first kappa shape index (κ1) is 13.0. The summed E-state index contributed by atoms with van der Waals surface area (Å²) in [5.41, 5.74) is 4.40. The molecule has 1 N–H and O–H groups in total. The molecule has 1 heterocycles. The summed E-state index contributed by atoms with van der Waals surface area (Å²) in [6.45, 7) is 10.1. The van der Waals surface area contributed by atoms with E-state index >= 15 is 0 Å². The Morgan fingerprint density at radius 3 is 2.50 bits per heavy atom. The van der Waals surface area contributed by atoms with Crippen LogP contribution in [0, 0.1) is 19.8 Å². The van der Waals surface area contributed by atoms with E-state index in [1.165, 1.54) is 12.1 Å². The number of aryl methyl sites for hydroxylation is 2. The van der Waals surface area contributed by atoms with Crippen molar-refractivity contribution in [2.45, 2.75) is 53.9 Å². The first-order chi connectivity index (χ1) is 7.59. The Hall–Kier alpha value is -1.05. The zero-order chi connectivity index (χ0) is 12.3. The van der Waals surface area contributed by atoms with Gasteiger partial charge in [0.25, 0.3) is 0 Å². The lowest BCUT2D eigenvalue weighted by molar-refractivity contribution is 0.490. The quantitative estimate of drug-likeness (QED) is 0.717. The predicted molar refractivity (Wildman–Crippen MR) is 69.1 cm³/mol. The summed E-state index contributed by atoms with van der Waals surface area (Å²) < 4.78 is 0. The fraction of sp³-hybridized carbons (Fsp3) is 0.643. The first-order valence-electron chi connectivity index (χ1n) is 6.31. The van der Waals surface area contributed by atoms with E-state index in [4.69, 9.17) is 0 Å². The average Bonchev–Trinajstić information content (AvgIpc) is 2.30. The molecule has 0 aliphatic heterocycles. The molecule has 1 aliphatic rings. The summed E-state index contributed by atoms with van der Waals surface area (Å²) in [6, 6.07) is 0. The molecule has 0 spiro atoms. The van der Waals surface area contributed by atoms with Crippen LogP contribution in [0.15, 0.2) is 4.79 Å². The maximum Gasteiger partial charge on any atom is 0.188 e. The van der Waals surface area contributed by atoms with E-state index in [0.29, 0.717) is 5.92 Å². The normalized spacial score (nSPS) is 18.4. The van der Waals surface area contributed by atoms with Crippen molar-refractivity contribution >= 4 is 0 Å². The second kappa shape index (κ2) is 5.33. The van der Waals surface area contributed by atoms with Crippen LogP contribution in [-0.4, -0.2) is 4.98 Å². The van der Waals surface area contributed by atoms with Crippen molar-refractivity contribution in [2.24, 2.45) is 5.92 Å². The molecule has 0 radical (unpaired) electrons. The maximum atomic E-state index is 12.0. The Morgan fingerprint density at radius 2 is 1.88 bits per heavy atom. The highest BCUT2D eigenvalue weighted by Gasteiger charge is 2.19.